The van der Waals surface area contributed by atoms with Gasteiger partial charge in [0, 0.05) is 12.3 Å². The summed E-state index contributed by atoms with van der Waals surface area (Å²) in [5.74, 6) is -0.713. The third kappa shape index (κ3) is 2.28. The van der Waals surface area contributed by atoms with Crippen LogP contribution in [0.1, 0.15) is 23.0 Å². The van der Waals surface area contributed by atoms with Crippen molar-refractivity contribution < 1.29 is 14.5 Å². The second-order valence-electron chi connectivity index (χ2n) is 2.77. The number of aromatic nitrogens is 1. The summed E-state index contributed by atoms with van der Waals surface area (Å²) >= 11 is 0. The number of ether oxygens (including phenoxy) is 1. The number of carbonyl (C=O) groups is 1. The highest BCUT2D eigenvalue weighted by molar-refractivity contribution is 5.94. The first-order valence-electron chi connectivity index (χ1n) is 4.35. The topological polar surface area (TPSA) is 82.3 Å². The van der Waals surface area contributed by atoms with Crippen molar-refractivity contribution in [2.75, 3.05) is 6.61 Å². The Kier molecular flexibility index (Phi) is 3.33. The van der Waals surface area contributed by atoms with Gasteiger partial charge in [-0.25, -0.2) is 4.79 Å². The van der Waals surface area contributed by atoms with E-state index in [9.17, 15) is 14.9 Å². The Hall–Kier alpha value is -1.98. The molecule has 0 amide bonds. The standard InChI is InChI=1S/C9H10N2O4/c1-3-15-9(12)8-6(2)10-5-4-7(8)11(13)14/h4-5H,3H2,1-2H3. The molecule has 0 aliphatic rings. The van der Waals surface area contributed by atoms with Crippen LogP contribution in [0.25, 0.3) is 0 Å². The summed E-state index contributed by atoms with van der Waals surface area (Å²) in [6, 6.07) is 1.18. The second-order valence-corrected chi connectivity index (χ2v) is 2.77. The van der Waals surface area contributed by atoms with Gasteiger partial charge < -0.3 is 4.74 Å². The van der Waals surface area contributed by atoms with Gasteiger partial charge in [0.1, 0.15) is 0 Å². The SMILES string of the molecule is CCOC(=O)c1c([N+](=O)[O-])ccnc1C. The van der Waals surface area contributed by atoms with Crippen molar-refractivity contribution in [3.8, 4) is 0 Å². The number of hydrogen-bond acceptors (Lipinski definition) is 5. The molecule has 0 spiro atoms. The second kappa shape index (κ2) is 4.50. The van der Waals surface area contributed by atoms with Crippen LogP contribution in [0.4, 0.5) is 5.69 Å². The van der Waals surface area contributed by atoms with Crippen molar-refractivity contribution in [3.63, 3.8) is 0 Å². The first-order chi connectivity index (χ1) is 7.07. The zero-order valence-corrected chi connectivity index (χ0v) is 8.39. The molecule has 1 aromatic heterocycles. The van der Waals surface area contributed by atoms with Gasteiger partial charge in [-0.2, -0.15) is 0 Å². The number of hydrogen-bond donors (Lipinski definition) is 0. The fraction of sp³-hybridized carbons (Fsp3) is 0.333. The van der Waals surface area contributed by atoms with E-state index in [2.05, 4.69) is 4.98 Å². The van der Waals surface area contributed by atoms with Gasteiger partial charge in [-0.3, -0.25) is 15.1 Å². The van der Waals surface area contributed by atoms with Crippen molar-refractivity contribution >= 4 is 11.7 Å². The first-order valence-corrected chi connectivity index (χ1v) is 4.35. The molecule has 0 bridgehead atoms. The Bertz CT molecular complexity index is 403. The number of esters is 1. The molecule has 6 heteroatoms. The molecule has 0 atom stereocenters. The van der Waals surface area contributed by atoms with E-state index in [1.807, 2.05) is 0 Å². The molecule has 1 aromatic rings. The van der Waals surface area contributed by atoms with Gasteiger partial charge in [0.15, 0.2) is 5.56 Å². The summed E-state index contributed by atoms with van der Waals surface area (Å²) in [6.45, 7) is 3.33. The van der Waals surface area contributed by atoms with E-state index in [4.69, 9.17) is 4.74 Å². The van der Waals surface area contributed by atoms with Gasteiger partial charge in [-0.1, -0.05) is 0 Å². The number of rotatable bonds is 3. The maximum Gasteiger partial charge on any atom is 0.347 e. The third-order valence-electron chi connectivity index (χ3n) is 1.79. The summed E-state index contributed by atoms with van der Waals surface area (Å²) in [4.78, 5) is 25.3. The highest BCUT2D eigenvalue weighted by atomic mass is 16.6. The predicted octanol–water partition coefficient (Wildman–Crippen LogP) is 1.47. The van der Waals surface area contributed by atoms with Crippen molar-refractivity contribution in [2.24, 2.45) is 0 Å². The fourth-order valence-corrected chi connectivity index (χ4v) is 1.16. The van der Waals surface area contributed by atoms with Crippen LogP contribution in [0.3, 0.4) is 0 Å². The Balaban J connectivity index is 3.24. The highest BCUT2D eigenvalue weighted by Gasteiger charge is 2.23. The summed E-state index contributed by atoms with van der Waals surface area (Å²) in [5.41, 5.74) is -0.0621. The van der Waals surface area contributed by atoms with Crippen molar-refractivity contribution in [2.45, 2.75) is 13.8 Å². The van der Waals surface area contributed by atoms with E-state index in [-0.39, 0.29) is 17.9 Å². The van der Waals surface area contributed by atoms with Crippen LogP contribution in [0, 0.1) is 17.0 Å². The van der Waals surface area contributed by atoms with Crippen LogP contribution < -0.4 is 0 Å². The zero-order valence-electron chi connectivity index (χ0n) is 8.39. The normalized spacial score (nSPS) is 9.73. The lowest BCUT2D eigenvalue weighted by atomic mass is 10.1. The van der Waals surface area contributed by atoms with Crippen LogP contribution in [-0.2, 0) is 4.74 Å². The van der Waals surface area contributed by atoms with Crippen molar-refractivity contribution in [1.29, 1.82) is 0 Å². The number of pyridine rings is 1. The predicted molar refractivity (Wildman–Crippen MR) is 51.6 cm³/mol. The smallest absolute Gasteiger partial charge is 0.347 e. The molecule has 0 fully saturated rings. The molecule has 0 unspecified atom stereocenters. The Morgan fingerprint density at radius 3 is 2.87 bits per heavy atom. The quantitative estimate of drug-likeness (QED) is 0.428. The lowest BCUT2D eigenvalue weighted by Gasteiger charge is -2.04. The van der Waals surface area contributed by atoms with E-state index in [1.54, 1.807) is 6.92 Å². The van der Waals surface area contributed by atoms with Gasteiger partial charge in [-0.05, 0) is 13.8 Å². The fourth-order valence-electron chi connectivity index (χ4n) is 1.16. The maximum absolute atomic E-state index is 11.4. The Morgan fingerprint density at radius 2 is 2.33 bits per heavy atom. The average molecular weight is 210 g/mol. The molecular formula is C9H10N2O4. The molecule has 6 nitrogen and oxygen atoms in total. The number of aryl methyl sites for hydroxylation is 1. The molecule has 0 saturated heterocycles. The Morgan fingerprint density at radius 1 is 1.67 bits per heavy atom. The minimum Gasteiger partial charge on any atom is -0.462 e. The van der Waals surface area contributed by atoms with E-state index in [1.165, 1.54) is 19.2 Å². The molecule has 0 N–H and O–H groups in total. The monoisotopic (exact) mass is 210 g/mol. The average Bonchev–Trinajstić information content (AvgIpc) is 2.17. The minimum atomic E-state index is -0.713. The first kappa shape index (κ1) is 11.1. The summed E-state index contributed by atoms with van der Waals surface area (Å²) in [7, 11) is 0. The van der Waals surface area contributed by atoms with E-state index in [0.29, 0.717) is 5.69 Å². The number of nitrogens with zero attached hydrogens (tertiary/aromatic N) is 2. The molecule has 15 heavy (non-hydrogen) atoms. The van der Waals surface area contributed by atoms with Crippen molar-refractivity contribution in [1.82, 2.24) is 4.98 Å². The van der Waals surface area contributed by atoms with Crippen LogP contribution in [0.2, 0.25) is 0 Å². The summed E-state index contributed by atoms with van der Waals surface area (Å²) in [5, 5.41) is 10.7. The van der Waals surface area contributed by atoms with Gasteiger partial charge >= 0.3 is 5.97 Å². The number of nitro groups is 1. The van der Waals surface area contributed by atoms with E-state index < -0.39 is 10.9 Å². The lowest BCUT2D eigenvalue weighted by Crippen LogP contribution is -2.10. The van der Waals surface area contributed by atoms with Crippen molar-refractivity contribution in [3.05, 3.63) is 33.6 Å². The minimum absolute atomic E-state index is 0.0793. The zero-order chi connectivity index (χ0) is 11.4. The van der Waals surface area contributed by atoms with E-state index >= 15 is 0 Å². The van der Waals surface area contributed by atoms with Crippen LogP contribution in [0.5, 0.6) is 0 Å². The van der Waals surface area contributed by atoms with Crippen LogP contribution in [0.15, 0.2) is 12.3 Å². The Labute approximate surface area is 86.0 Å². The molecule has 1 rings (SSSR count). The largest absolute Gasteiger partial charge is 0.462 e. The van der Waals surface area contributed by atoms with Gasteiger partial charge in [0.2, 0.25) is 0 Å². The lowest BCUT2D eigenvalue weighted by molar-refractivity contribution is -0.385. The maximum atomic E-state index is 11.4. The molecule has 1 heterocycles. The van der Waals surface area contributed by atoms with Gasteiger partial charge in [-0.15, -0.1) is 0 Å². The molecule has 0 radical (unpaired) electrons. The third-order valence-corrected chi connectivity index (χ3v) is 1.79. The summed E-state index contributed by atoms with van der Waals surface area (Å²) < 4.78 is 4.72. The number of carbonyl (C=O) groups excluding carboxylic acids is 1. The van der Waals surface area contributed by atoms with E-state index in [0.717, 1.165) is 0 Å². The molecule has 0 aromatic carbocycles. The van der Waals surface area contributed by atoms with Crippen LogP contribution >= 0.6 is 0 Å². The highest BCUT2D eigenvalue weighted by Crippen LogP contribution is 2.20. The molecule has 0 saturated carbocycles. The van der Waals surface area contributed by atoms with Crippen LogP contribution in [-0.4, -0.2) is 22.5 Å². The van der Waals surface area contributed by atoms with Gasteiger partial charge in [0.05, 0.1) is 17.2 Å². The summed E-state index contributed by atoms with van der Waals surface area (Å²) in [6.07, 6.45) is 1.29. The molecule has 0 aliphatic carbocycles. The van der Waals surface area contributed by atoms with Gasteiger partial charge in [0.25, 0.3) is 5.69 Å². The molecule has 0 aliphatic heterocycles. The molecule has 80 valence electrons. The molecular weight excluding hydrogens is 200 g/mol.